The van der Waals surface area contributed by atoms with Gasteiger partial charge in [0.15, 0.2) is 16.7 Å². The molecule has 0 bridgehead atoms. The Morgan fingerprint density at radius 1 is 1.50 bits per heavy atom. The molecule has 0 saturated heterocycles. The van der Waals surface area contributed by atoms with Crippen LogP contribution in [-0.2, 0) is 7.05 Å². The van der Waals surface area contributed by atoms with Crippen LogP contribution in [0.4, 0.5) is 9.52 Å². The SMILES string of the molecule is Cc1csc(NC(=O)c2c(O)c(F)c(C)n(C)c2=O)n1. The summed E-state index contributed by atoms with van der Waals surface area (Å²) in [5.41, 5.74) is -0.748. The van der Waals surface area contributed by atoms with Gasteiger partial charge in [0.1, 0.15) is 5.56 Å². The van der Waals surface area contributed by atoms with Gasteiger partial charge in [0.25, 0.3) is 11.5 Å². The fraction of sp³-hybridized carbons (Fsp3) is 0.250. The fourth-order valence-electron chi connectivity index (χ4n) is 1.63. The molecule has 0 aliphatic carbocycles. The second kappa shape index (κ2) is 5.04. The highest BCUT2D eigenvalue weighted by atomic mass is 32.1. The number of nitrogens with one attached hydrogen (secondary N) is 1. The zero-order valence-corrected chi connectivity index (χ0v) is 11.8. The van der Waals surface area contributed by atoms with Gasteiger partial charge in [-0.05, 0) is 13.8 Å². The van der Waals surface area contributed by atoms with Crippen LogP contribution in [0.25, 0.3) is 0 Å². The average molecular weight is 297 g/mol. The first kappa shape index (κ1) is 14.2. The van der Waals surface area contributed by atoms with Gasteiger partial charge in [-0.25, -0.2) is 9.37 Å². The number of rotatable bonds is 2. The van der Waals surface area contributed by atoms with Crippen molar-refractivity contribution in [3.05, 3.63) is 38.5 Å². The molecule has 0 spiro atoms. The van der Waals surface area contributed by atoms with E-state index >= 15 is 0 Å². The summed E-state index contributed by atoms with van der Waals surface area (Å²) in [4.78, 5) is 28.0. The van der Waals surface area contributed by atoms with Crippen LogP contribution in [0.5, 0.6) is 5.75 Å². The molecular formula is C12H12FN3O3S. The number of hydrogen-bond donors (Lipinski definition) is 2. The molecule has 0 aliphatic heterocycles. The Labute approximate surface area is 117 Å². The molecule has 106 valence electrons. The van der Waals surface area contributed by atoms with Gasteiger partial charge in [-0.1, -0.05) is 0 Å². The van der Waals surface area contributed by atoms with Crippen LogP contribution in [0, 0.1) is 19.7 Å². The number of thiazole rings is 1. The molecule has 8 heteroatoms. The fourth-order valence-corrected chi connectivity index (χ4v) is 2.31. The molecule has 0 unspecified atom stereocenters. The van der Waals surface area contributed by atoms with E-state index in [9.17, 15) is 19.1 Å². The van der Waals surface area contributed by atoms with Gasteiger partial charge in [-0.3, -0.25) is 14.9 Å². The lowest BCUT2D eigenvalue weighted by Gasteiger charge is -2.10. The maximum atomic E-state index is 13.7. The first-order chi connectivity index (χ1) is 9.32. The normalized spacial score (nSPS) is 10.6. The Morgan fingerprint density at radius 2 is 2.15 bits per heavy atom. The molecule has 0 aromatic carbocycles. The number of pyridine rings is 1. The second-order valence-corrected chi connectivity index (χ2v) is 5.09. The van der Waals surface area contributed by atoms with E-state index in [1.165, 1.54) is 25.3 Å². The molecule has 2 N–H and O–H groups in total. The van der Waals surface area contributed by atoms with Crippen LogP contribution in [-0.4, -0.2) is 20.6 Å². The predicted octanol–water partition coefficient (Wildman–Crippen LogP) is 1.56. The average Bonchev–Trinajstić information content (AvgIpc) is 2.79. The third-order valence-electron chi connectivity index (χ3n) is 2.85. The number of amides is 1. The van der Waals surface area contributed by atoms with E-state index in [2.05, 4.69) is 10.3 Å². The largest absolute Gasteiger partial charge is 0.504 e. The first-order valence-electron chi connectivity index (χ1n) is 5.64. The molecule has 20 heavy (non-hydrogen) atoms. The molecular weight excluding hydrogens is 285 g/mol. The molecule has 2 heterocycles. The summed E-state index contributed by atoms with van der Waals surface area (Å²) in [5.74, 6) is -2.83. The zero-order valence-electron chi connectivity index (χ0n) is 11.0. The predicted molar refractivity (Wildman–Crippen MR) is 72.8 cm³/mol. The number of hydrogen-bond acceptors (Lipinski definition) is 5. The summed E-state index contributed by atoms with van der Waals surface area (Å²) in [5, 5.41) is 14.0. The van der Waals surface area contributed by atoms with Crippen LogP contribution in [0.2, 0.25) is 0 Å². The minimum Gasteiger partial charge on any atom is -0.504 e. The van der Waals surface area contributed by atoms with Crippen LogP contribution < -0.4 is 10.9 Å². The van der Waals surface area contributed by atoms with E-state index in [-0.39, 0.29) is 10.8 Å². The monoisotopic (exact) mass is 297 g/mol. The molecule has 2 rings (SSSR count). The van der Waals surface area contributed by atoms with Gasteiger partial charge in [0.05, 0.1) is 11.4 Å². The van der Waals surface area contributed by atoms with Gasteiger partial charge in [0, 0.05) is 12.4 Å². The molecule has 0 radical (unpaired) electrons. The van der Waals surface area contributed by atoms with Crippen molar-refractivity contribution in [3.8, 4) is 5.75 Å². The molecule has 2 aromatic heterocycles. The summed E-state index contributed by atoms with van der Waals surface area (Å²) >= 11 is 1.17. The maximum absolute atomic E-state index is 13.7. The Kier molecular flexibility index (Phi) is 3.58. The number of aromatic nitrogens is 2. The van der Waals surface area contributed by atoms with Crippen molar-refractivity contribution < 1.29 is 14.3 Å². The van der Waals surface area contributed by atoms with E-state index in [1.54, 1.807) is 12.3 Å². The number of aryl methyl sites for hydroxylation is 1. The van der Waals surface area contributed by atoms with Crippen LogP contribution in [0.3, 0.4) is 0 Å². The van der Waals surface area contributed by atoms with E-state index in [4.69, 9.17) is 0 Å². The van der Waals surface area contributed by atoms with Crippen molar-refractivity contribution in [2.24, 2.45) is 7.05 Å². The number of anilines is 1. The quantitative estimate of drug-likeness (QED) is 0.881. The second-order valence-electron chi connectivity index (χ2n) is 4.24. The van der Waals surface area contributed by atoms with E-state index in [1.807, 2.05) is 0 Å². The Bertz CT molecular complexity index is 751. The number of halogens is 1. The molecule has 2 aromatic rings. The van der Waals surface area contributed by atoms with Crippen molar-refractivity contribution >= 4 is 22.4 Å². The van der Waals surface area contributed by atoms with E-state index in [0.717, 1.165) is 4.57 Å². The zero-order chi connectivity index (χ0) is 15.0. The van der Waals surface area contributed by atoms with Crippen molar-refractivity contribution in [1.29, 1.82) is 0 Å². The molecule has 0 aliphatic rings. The molecule has 1 amide bonds. The van der Waals surface area contributed by atoms with Gasteiger partial charge in [-0.2, -0.15) is 0 Å². The van der Waals surface area contributed by atoms with Crippen LogP contribution in [0.15, 0.2) is 10.2 Å². The lowest BCUT2D eigenvalue weighted by Crippen LogP contribution is -2.30. The van der Waals surface area contributed by atoms with Crippen molar-refractivity contribution in [3.63, 3.8) is 0 Å². The summed E-state index contributed by atoms with van der Waals surface area (Å²) < 4.78 is 14.7. The molecule has 0 fully saturated rings. The third-order valence-corrected chi connectivity index (χ3v) is 3.73. The number of carbonyl (C=O) groups is 1. The minimum absolute atomic E-state index is 0.0471. The van der Waals surface area contributed by atoms with Crippen molar-refractivity contribution in [2.45, 2.75) is 13.8 Å². The highest BCUT2D eigenvalue weighted by Crippen LogP contribution is 2.22. The number of aromatic hydroxyl groups is 1. The summed E-state index contributed by atoms with van der Waals surface area (Å²) in [7, 11) is 1.32. The lowest BCUT2D eigenvalue weighted by atomic mass is 10.2. The van der Waals surface area contributed by atoms with Gasteiger partial charge < -0.3 is 9.67 Å². The molecule has 0 atom stereocenters. The van der Waals surface area contributed by atoms with Gasteiger partial charge >= 0.3 is 0 Å². The van der Waals surface area contributed by atoms with Gasteiger partial charge in [0.2, 0.25) is 0 Å². The Hall–Kier alpha value is -2.22. The lowest BCUT2D eigenvalue weighted by molar-refractivity contribution is 0.102. The summed E-state index contributed by atoms with van der Waals surface area (Å²) in [6.07, 6.45) is 0. The third kappa shape index (κ3) is 2.29. The Morgan fingerprint density at radius 3 is 2.70 bits per heavy atom. The summed E-state index contributed by atoms with van der Waals surface area (Å²) in [6.45, 7) is 3.08. The minimum atomic E-state index is -0.993. The van der Waals surface area contributed by atoms with Crippen molar-refractivity contribution in [1.82, 2.24) is 9.55 Å². The topological polar surface area (TPSA) is 84.2 Å². The first-order valence-corrected chi connectivity index (χ1v) is 6.52. The van der Waals surface area contributed by atoms with Gasteiger partial charge in [-0.15, -0.1) is 11.3 Å². The number of carbonyl (C=O) groups excluding carboxylic acids is 1. The summed E-state index contributed by atoms with van der Waals surface area (Å²) in [6, 6.07) is 0. The highest BCUT2D eigenvalue weighted by molar-refractivity contribution is 7.13. The smallest absolute Gasteiger partial charge is 0.267 e. The standard InChI is InChI=1S/C12H12FN3O3S/c1-5-4-20-12(14-5)15-10(18)7-9(17)8(13)6(2)16(3)11(7)19/h4,17H,1-3H3,(H,14,15,18). The van der Waals surface area contributed by atoms with Crippen LogP contribution >= 0.6 is 11.3 Å². The van der Waals surface area contributed by atoms with Crippen molar-refractivity contribution in [2.75, 3.05) is 5.32 Å². The maximum Gasteiger partial charge on any atom is 0.267 e. The molecule has 6 nitrogen and oxygen atoms in total. The molecule has 0 saturated carbocycles. The van der Waals surface area contributed by atoms with E-state index in [0.29, 0.717) is 5.69 Å². The highest BCUT2D eigenvalue weighted by Gasteiger charge is 2.24. The number of nitrogens with zero attached hydrogens (tertiary/aromatic N) is 2. The Balaban J connectivity index is 2.48. The van der Waals surface area contributed by atoms with Crippen LogP contribution in [0.1, 0.15) is 21.7 Å². The van der Waals surface area contributed by atoms with E-state index < -0.39 is 28.6 Å².